The third-order valence-electron chi connectivity index (χ3n) is 3.31. The lowest BCUT2D eigenvalue weighted by Crippen LogP contribution is -2.34. The minimum atomic E-state index is -2.25. The minimum absolute atomic E-state index is 0.0718. The number of carbonyl (C=O) groups is 3. The van der Waals surface area contributed by atoms with Crippen LogP contribution in [0, 0.1) is 5.82 Å². The number of carbonyl (C=O) groups excluding carboxylic acids is 3. The first-order chi connectivity index (χ1) is 11.0. The standard InChI is InChI=1S/C16H9F2NO4/c17-10-7-5-9(6-8-10)13(18)16(22)23-19-14(20)11-3-1-2-4-12(11)15(19)21/h1-8,13H. The van der Waals surface area contributed by atoms with Gasteiger partial charge in [0.05, 0.1) is 11.1 Å². The molecule has 0 fully saturated rings. The molecule has 2 aromatic rings. The summed E-state index contributed by atoms with van der Waals surface area (Å²) in [7, 11) is 0. The number of nitrogens with zero attached hydrogens (tertiary/aromatic N) is 1. The summed E-state index contributed by atoms with van der Waals surface area (Å²) in [5, 5.41) is 0.225. The summed E-state index contributed by atoms with van der Waals surface area (Å²) in [5.41, 5.74) is -0.00186. The van der Waals surface area contributed by atoms with Crippen molar-refractivity contribution in [3.63, 3.8) is 0 Å². The summed E-state index contributed by atoms with van der Waals surface area (Å²) in [6.45, 7) is 0. The van der Waals surface area contributed by atoms with Gasteiger partial charge in [0, 0.05) is 0 Å². The molecule has 0 spiro atoms. The predicted molar refractivity (Wildman–Crippen MR) is 73.3 cm³/mol. The van der Waals surface area contributed by atoms with Gasteiger partial charge in [-0.1, -0.05) is 29.3 Å². The molecule has 1 aliphatic rings. The maximum absolute atomic E-state index is 14.1. The molecule has 7 heteroatoms. The van der Waals surface area contributed by atoms with Crippen LogP contribution in [0.15, 0.2) is 48.5 Å². The molecule has 1 heterocycles. The molecule has 0 aliphatic carbocycles. The van der Waals surface area contributed by atoms with E-state index in [2.05, 4.69) is 4.84 Å². The fourth-order valence-electron chi connectivity index (χ4n) is 2.15. The number of fused-ring (bicyclic) bond motifs is 1. The van der Waals surface area contributed by atoms with Gasteiger partial charge >= 0.3 is 5.97 Å². The second-order valence-corrected chi connectivity index (χ2v) is 4.77. The van der Waals surface area contributed by atoms with Gasteiger partial charge in [-0.25, -0.2) is 13.6 Å². The molecule has 0 bridgehead atoms. The number of imide groups is 1. The lowest BCUT2D eigenvalue weighted by atomic mass is 10.1. The second-order valence-electron chi connectivity index (χ2n) is 4.77. The van der Waals surface area contributed by atoms with Gasteiger partial charge in [-0.2, -0.15) is 0 Å². The average molecular weight is 317 g/mol. The van der Waals surface area contributed by atoms with E-state index in [4.69, 9.17) is 0 Å². The zero-order valence-electron chi connectivity index (χ0n) is 11.5. The fraction of sp³-hybridized carbons (Fsp3) is 0.0625. The number of halogens is 2. The van der Waals surface area contributed by atoms with Gasteiger partial charge < -0.3 is 4.84 Å². The van der Waals surface area contributed by atoms with Crippen LogP contribution >= 0.6 is 0 Å². The van der Waals surface area contributed by atoms with Crippen LogP contribution in [0.5, 0.6) is 0 Å². The molecule has 0 saturated heterocycles. The van der Waals surface area contributed by atoms with Gasteiger partial charge in [-0.05, 0) is 29.8 Å². The number of amides is 2. The summed E-state index contributed by atoms with van der Waals surface area (Å²) >= 11 is 0. The summed E-state index contributed by atoms with van der Waals surface area (Å²) in [4.78, 5) is 40.4. The number of hydrogen-bond donors (Lipinski definition) is 0. The molecule has 5 nitrogen and oxygen atoms in total. The van der Waals surface area contributed by atoms with Crippen LogP contribution in [0.3, 0.4) is 0 Å². The molecule has 2 aromatic carbocycles. The molecule has 0 saturated carbocycles. The summed E-state index contributed by atoms with van der Waals surface area (Å²) < 4.78 is 26.8. The van der Waals surface area contributed by atoms with Crippen LogP contribution < -0.4 is 0 Å². The van der Waals surface area contributed by atoms with E-state index in [0.717, 1.165) is 24.3 Å². The number of hydrogen-bond acceptors (Lipinski definition) is 4. The molecule has 1 atom stereocenters. The maximum Gasteiger partial charge on any atom is 0.371 e. The van der Waals surface area contributed by atoms with Crippen LogP contribution in [-0.2, 0) is 9.63 Å². The molecule has 0 N–H and O–H groups in total. The molecule has 0 radical (unpaired) electrons. The molecule has 116 valence electrons. The van der Waals surface area contributed by atoms with Crippen molar-refractivity contribution in [3.8, 4) is 0 Å². The van der Waals surface area contributed by atoms with Crippen molar-refractivity contribution in [2.24, 2.45) is 0 Å². The summed E-state index contributed by atoms with van der Waals surface area (Å²) in [6.07, 6.45) is -2.25. The Labute approximate surface area is 129 Å². The largest absolute Gasteiger partial charge is 0.371 e. The smallest absolute Gasteiger partial charge is 0.326 e. The monoisotopic (exact) mass is 317 g/mol. The molecule has 2 amide bonds. The van der Waals surface area contributed by atoms with Crippen LogP contribution in [0.1, 0.15) is 32.5 Å². The molecular weight excluding hydrogens is 308 g/mol. The van der Waals surface area contributed by atoms with E-state index in [1.165, 1.54) is 12.1 Å². The van der Waals surface area contributed by atoms with E-state index in [-0.39, 0.29) is 21.8 Å². The van der Waals surface area contributed by atoms with Crippen LogP contribution in [0.25, 0.3) is 0 Å². The molecule has 0 aromatic heterocycles. The van der Waals surface area contributed by atoms with Gasteiger partial charge in [0.2, 0.25) is 6.17 Å². The third kappa shape index (κ3) is 2.57. The Hall–Kier alpha value is -3.09. The van der Waals surface area contributed by atoms with Gasteiger partial charge in [-0.3, -0.25) is 9.59 Å². The average Bonchev–Trinajstić information content (AvgIpc) is 2.80. The molecule has 1 unspecified atom stereocenters. The molecule has 1 aliphatic heterocycles. The van der Waals surface area contributed by atoms with Crippen LogP contribution in [0.2, 0.25) is 0 Å². The minimum Gasteiger partial charge on any atom is -0.326 e. The van der Waals surface area contributed by atoms with Gasteiger partial charge in [0.15, 0.2) is 0 Å². The van der Waals surface area contributed by atoms with E-state index < -0.39 is 29.8 Å². The first-order valence-corrected chi connectivity index (χ1v) is 6.58. The van der Waals surface area contributed by atoms with Crippen LogP contribution in [0.4, 0.5) is 8.78 Å². The Kier molecular flexibility index (Phi) is 3.61. The van der Waals surface area contributed by atoms with E-state index >= 15 is 0 Å². The molecular formula is C16H9F2NO4. The molecule has 3 rings (SSSR count). The van der Waals surface area contributed by atoms with E-state index in [0.29, 0.717) is 0 Å². The van der Waals surface area contributed by atoms with Gasteiger partial charge in [0.25, 0.3) is 11.8 Å². The van der Waals surface area contributed by atoms with Crippen LogP contribution in [-0.4, -0.2) is 22.8 Å². The Morgan fingerprint density at radius 2 is 1.48 bits per heavy atom. The van der Waals surface area contributed by atoms with E-state index in [9.17, 15) is 23.2 Å². The molecule has 23 heavy (non-hydrogen) atoms. The van der Waals surface area contributed by atoms with Crippen molar-refractivity contribution in [1.82, 2.24) is 5.06 Å². The zero-order chi connectivity index (χ0) is 16.6. The second kappa shape index (κ2) is 5.60. The third-order valence-corrected chi connectivity index (χ3v) is 3.31. The number of alkyl halides is 1. The summed E-state index contributed by atoms with van der Waals surface area (Å²) in [6, 6.07) is 10.0. The predicted octanol–water partition coefficient (Wildman–Crippen LogP) is 2.59. The van der Waals surface area contributed by atoms with Crippen molar-refractivity contribution in [2.75, 3.05) is 0 Å². The lowest BCUT2D eigenvalue weighted by molar-refractivity contribution is -0.175. The van der Waals surface area contributed by atoms with Crippen molar-refractivity contribution in [3.05, 3.63) is 71.0 Å². The Morgan fingerprint density at radius 1 is 0.957 bits per heavy atom. The van der Waals surface area contributed by atoms with Crippen molar-refractivity contribution in [1.29, 1.82) is 0 Å². The van der Waals surface area contributed by atoms with Crippen molar-refractivity contribution >= 4 is 17.8 Å². The highest BCUT2D eigenvalue weighted by atomic mass is 19.1. The summed E-state index contributed by atoms with van der Waals surface area (Å²) in [5.74, 6) is -3.71. The van der Waals surface area contributed by atoms with E-state index in [1.54, 1.807) is 12.1 Å². The van der Waals surface area contributed by atoms with Crippen molar-refractivity contribution in [2.45, 2.75) is 6.17 Å². The lowest BCUT2D eigenvalue weighted by Gasteiger charge is -2.14. The maximum atomic E-state index is 14.1. The Balaban J connectivity index is 1.77. The number of rotatable bonds is 3. The number of benzene rings is 2. The van der Waals surface area contributed by atoms with Gasteiger partial charge in [-0.15, -0.1) is 0 Å². The Bertz CT molecular complexity index is 769. The highest BCUT2D eigenvalue weighted by Crippen LogP contribution is 2.25. The van der Waals surface area contributed by atoms with Gasteiger partial charge in [0.1, 0.15) is 5.82 Å². The normalized spacial score (nSPS) is 14.6. The topological polar surface area (TPSA) is 63.7 Å². The Morgan fingerprint density at radius 3 is 2.00 bits per heavy atom. The fourth-order valence-corrected chi connectivity index (χ4v) is 2.15. The first kappa shape index (κ1) is 14.8. The highest BCUT2D eigenvalue weighted by molar-refractivity contribution is 6.20. The van der Waals surface area contributed by atoms with E-state index in [1.807, 2.05) is 0 Å². The highest BCUT2D eigenvalue weighted by Gasteiger charge is 2.40. The number of hydroxylamine groups is 2. The SMILES string of the molecule is O=C(ON1C(=O)c2ccccc2C1=O)C(F)c1ccc(F)cc1. The first-order valence-electron chi connectivity index (χ1n) is 6.58. The quantitative estimate of drug-likeness (QED) is 0.816. The van der Waals surface area contributed by atoms with Crippen molar-refractivity contribution < 1.29 is 28.0 Å². The zero-order valence-corrected chi connectivity index (χ0v) is 11.5.